The molecule has 0 aromatic heterocycles. The normalized spacial score (nSPS) is 17.7. The fraction of sp³-hybridized carbons (Fsp3) is 0.188. The van der Waals surface area contributed by atoms with E-state index in [9.17, 15) is 4.79 Å². The molecule has 1 heterocycles. The van der Waals surface area contributed by atoms with E-state index in [4.69, 9.17) is 11.6 Å². The molecule has 1 aliphatic heterocycles. The van der Waals surface area contributed by atoms with E-state index in [0.717, 1.165) is 22.3 Å². The lowest BCUT2D eigenvalue weighted by Crippen LogP contribution is -2.23. The van der Waals surface area contributed by atoms with Crippen LogP contribution in [-0.4, -0.2) is 17.9 Å². The summed E-state index contributed by atoms with van der Waals surface area (Å²) in [5.74, 6) is 0.0821. The minimum atomic E-state index is -0.0130. The fourth-order valence-corrected chi connectivity index (χ4v) is 2.89. The number of benzene rings is 2. The van der Waals surface area contributed by atoms with E-state index in [2.05, 4.69) is 0 Å². The number of amides is 1. The summed E-state index contributed by atoms with van der Waals surface area (Å²) in [4.78, 5) is 14.1. The SMILES string of the molecule is Cc1cccc2c1C(c1ccc(Cl)cc1)N(C)C2=O. The highest BCUT2D eigenvalue weighted by molar-refractivity contribution is 6.30. The molecule has 0 fully saturated rings. The van der Waals surface area contributed by atoms with Crippen LogP contribution in [0, 0.1) is 6.92 Å². The zero-order valence-corrected chi connectivity index (χ0v) is 11.6. The molecule has 0 saturated carbocycles. The van der Waals surface area contributed by atoms with Gasteiger partial charge in [-0.1, -0.05) is 35.9 Å². The molecule has 3 rings (SSSR count). The third-order valence-electron chi connectivity index (χ3n) is 3.72. The van der Waals surface area contributed by atoms with E-state index in [1.807, 2.05) is 56.4 Å². The molecule has 0 spiro atoms. The maximum atomic E-state index is 12.3. The summed E-state index contributed by atoms with van der Waals surface area (Å²) < 4.78 is 0. The first-order valence-electron chi connectivity index (χ1n) is 6.21. The van der Waals surface area contributed by atoms with Gasteiger partial charge in [-0.3, -0.25) is 4.79 Å². The number of carbonyl (C=O) groups excluding carboxylic acids is 1. The van der Waals surface area contributed by atoms with Crippen molar-refractivity contribution in [3.8, 4) is 0 Å². The summed E-state index contributed by atoms with van der Waals surface area (Å²) >= 11 is 5.93. The number of hydrogen-bond acceptors (Lipinski definition) is 1. The van der Waals surface area contributed by atoms with E-state index < -0.39 is 0 Å². The molecule has 2 aromatic rings. The lowest BCUT2D eigenvalue weighted by atomic mass is 9.94. The van der Waals surface area contributed by atoms with Crippen molar-refractivity contribution in [3.05, 3.63) is 69.7 Å². The molecule has 0 N–H and O–H groups in total. The first kappa shape index (κ1) is 12.2. The van der Waals surface area contributed by atoms with Gasteiger partial charge in [0.2, 0.25) is 0 Å². The third kappa shape index (κ3) is 1.83. The second kappa shape index (κ2) is 4.39. The molecule has 0 aliphatic carbocycles. The summed E-state index contributed by atoms with van der Waals surface area (Å²) in [5, 5.41) is 0.709. The molecule has 19 heavy (non-hydrogen) atoms. The second-order valence-corrected chi connectivity index (χ2v) is 5.34. The van der Waals surface area contributed by atoms with Crippen LogP contribution >= 0.6 is 11.6 Å². The van der Waals surface area contributed by atoms with Gasteiger partial charge in [0.25, 0.3) is 5.91 Å². The standard InChI is InChI=1S/C16H14ClNO/c1-10-4-3-5-13-14(10)15(18(2)16(13)19)11-6-8-12(17)9-7-11/h3-9,15H,1-2H3. The molecule has 0 saturated heterocycles. The van der Waals surface area contributed by atoms with E-state index in [1.54, 1.807) is 4.90 Å². The topological polar surface area (TPSA) is 20.3 Å². The Bertz CT molecular complexity index is 648. The van der Waals surface area contributed by atoms with Crippen molar-refractivity contribution in [2.45, 2.75) is 13.0 Å². The van der Waals surface area contributed by atoms with Gasteiger partial charge in [0.1, 0.15) is 0 Å². The molecule has 0 bridgehead atoms. The van der Waals surface area contributed by atoms with Crippen molar-refractivity contribution in [2.75, 3.05) is 7.05 Å². The van der Waals surface area contributed by atoms with Gasteiger partial charge in [-0.05, 0) is 41.8 Å². The van der Waals surface area contributed by atoms with Crippen LogP contribution in [0.25, 0.3) is 0 Å². The quantitative estimate of drug-likeness (QED) is 0.772. The first-order valence-corrected chi connectivity index (χ1v) is 6.59. The number of hydrogen-bond donors (Lipinski definition) is 0. The van der Waals surface area contributed by atoms with Crippen LogP contribution in [0.15, 0.2) is 42.5 Å². The van der Waals surface area contributed by atoms with E-state index >= 15 is 0 Å². The Hall–Kier alpha value is -1.80. The van der Waals surface area contributed by atoms with Crippen LogP contribution in [0.1, 0.15) is 33.1 Å². The lowest BCUT2D eigenvalue weighted by molar-refractivity contribution is 0.0793. The van der Waals surface area contributed by atoms with Gasteiger partial charge >= 0.3 is 0 Å². The van der Waals surface area contributed by atoms with Gasteiger partial charge in [0, 0.05) is 17.6 Å². The van der Waals surface area contributed by atoms with Crippen LogP contribution in [0.5, 0.6) is 0 Å². The molecule has 96 valence electrons. The van der Waals surface area contributed by atoms with Gasteiger partial charge in [0.15, 0.2) is 0 Å². The largest absolute Gasteiger partial charge is 0.331 e. The molecule has 1 atom stereocenters. The number of aryl methyl sites for hydroxylation is 1. The monoisotopic (exact) mass is 271 g/mol. The fourth-order valence-electron chi connectivity index (χ4n) is 2.77. The molecule has 2 nitrogen and oxygen atoms in total. The maximum Gasteiger partial charge on any atom is 0.254 e. The average Bonchev–Trinajstić information content (AvgIpc) is 2.66. The Morgan fingerprint density at radius 1 is 1.11 bits per heavy atom. The van der Waals surface area contributed by atoms with Crippen molar-refractivity contribution < 1.29 is 4.79 Å². The van der Waals surface area contributed by atoms with E-state index in [-0.39, 0.29) is 11.9 Å². The molecule has 3 heteroatoms. The Morgan fingerprint density at radius 3 is 2.47 bits per heavy atom. The summed E-state index contributed by atoms with van der Waals surface area (Å²) in [6.45, 7) is 2.05. The average molecular weight is 272 g/mol. The van der Waals surface area contributed by atoms with Gasteiger partial charge in [0.05, 0.1) is 6.04 Å². The van der Waals surface area contributed by atoms with Gasteiger partial charge in [-0.25, -0.2) is 0 Å². The van der Waals surface area contributed by atoms with Crippen LogP contribution in [0.3, 0.4) is 0 Å². The van der Waals surface area contributed by atoms with Gasteiger partial charge < -0.3 is 4.90 Å². The second-order valence-electron chi connectivity index (χ2n) is 4.91. The lowest BCUT2D eigenvalue weighted by Gasteiger charge is -2.22. The number of rotatable bonds is 1. The van der Waals surface area contributed by atoms with E-state index in [1.165, 1.54) is 0 Å². The van der Waals surface area contributed by atoms with E-state index in [0.29, 0.717) is 5.02 Å². The maximum absolute atomic E-state index is 12.3. The molecule has 1 unspecified atom stereocenters. The highest BCUT2D eigenvalue weighted by Gasteiger charge is 2.35. The molecule has 2 aromatic carbocycles. The summed E-state index contributed by atoms with van der Waals surface area (Å²) in [5.41, 5.74) is 4.16. The van der Waals surface area contributed by atoms with Crippen molar-refractivity contribution in [1.82, 2.24) is 4.90 Å². The zero-order valence-electron chi connectivity index (χ0n) is 10.9. The van der Waals surface area contributed by atoms with Crippen molar-refractivity contribution in [3.63, 3.8) is 0 Å². The van der Waals surface area contributed by atoms with Crippen molar-refractivity contribution >= 4 is 17.5 Å². The van der Waals surface area contributed by atoms with Crippen LogP contribution in [0.2, 0.25) is 5.02 Å². The predicted octanol–water partition coefficient (Wildman–Crippen LogP) is 3.82. The Labute approximate surface area is 117 Å². The van der Waals surface area contributed by atoms with Crippen molar-refractivity contribution in [1.29, 1.82) is 0 Å². The minimum absolute atomic E-state index is 0.0130. The number of nitrogens with zero attached hydrogens (tertiary/aromatic N) is 1. The Morgan fingerprint density at radius 2 is 1.79 bits per heavy atom. The van der Waals surface area contributed by atoms with Crippen LogP contribution < -0.4 is 0 Å². The number of halogens is 1. The molecular weight excluding hydrogens is 258 g/mol. The summed E-state index contributed by atoms with van der Waals surface area (Å²) in [7, 11) is 1.85. The molecular formula is C16H14ClNO. The molecule has 1 amide bonds. The van der Waals surface area contributed by atoms with Crippen LogP contribution in [-0.2, 0) is 0 Å². The van der Waals surface area contributed by atoms with Gasteiger partial charge in [-0.2, -0.15) is 0 Å². The third-order valence-corrected chi connectivity index (χ3v) is 3.97. The molecule has 0 radical (unpaired) electrons. The highest BCUT2D eigenvalue weighted by atomic mass is 35.5. The zero-order chi connectivity index (χ0) is 13.6. The van der Waals surface area contributed by atoms with Crippen molar-refractivity contribution in [2.24, 2.45) is 0 Å². The minimum Gasteiger partial charge on any atom is -0.331 e. The number of fused-ring (bicyclic) bond motifs is 1. The first-order chi connectivity index (χ1) is 9.09. The summed E-state index contributed by atoms with van der Waals surface area (Å²) in [6.07, 6.45) is 0. The highest BCUT2D eigenvalue weighted by Crippen LogP contribution is 2.39. The molecule has 1 aliphatic rings. The summed E-state index contributed by atoms with van der Waals surface area (Å²) in [6, 6.07) is 13.6. The predicted molar refractivity (Wildman–Crippen MR) is 76.6 cm³/mol. The van der Waals surface area contributed by atoms with Crippen LogP contribution in [0.4, 0.5) is 0 Å². The smallest absolute Gasteiger partial charge is 0.254 e. The Balaban J connectivity index is 2.18. The Kier molecular flexibility index (Phi) is 2.83. The number of carbonyl (C=O) groups is 1. The van der Waals surface area contributed by atoms with Gasteiger partial charge in [-0.15, -0.1) is 0 Å².